The molecule has 0 aromatic rings. The third-order valence-electron chi connectivity index (χ3n) is 4.63. The molecule has 1 heterocycles. The molecule has 0 N–H and O–H groups in total. The van der Waals surface area contributed by atoms with E-state index in [0.29, 0.717) is 6.10 Å². The average Bonchev–Trinajstić information content (AvgIpc) is 2.28. The van der Waals surface area contributed by atoms with Crippen LogP contribution in [0, 0.1) is 17.8 Å². The van der Waals surface area contributed by atoms with Crippen molar-refractivity contribution < 1.29 is 4.74 Å². The first-order valence-electron chi connectivity index (χ1n) is 7.35. The molecule has 0 aromatic heterocycles. The molecule has 1 heteroatoms. The summed E-state index contributed by atoms with van der Waals surface area (Å²) < 4.78 is 5.75. The molecule has 4 atom stereocenters. The van der Waals surface area contributed by atoms with Crippen LogP contribution >= 0.6 is 0 Å². The molecule has 2 rings (SSSR count). The highest BCUT2D eigenvalue weighted by atomic mass is 16.5. The van der Waals surface area contributed by atoms with E-state index in [1.54, 1.807) is 0 Å². The van der Waals surface area contributed by atoms with Crippen molar-refractivity contribution in [2.45, 2.75) is 71.3 Å². The Morgan fingerprint density at radius 2 is 1.75 bits per heavy atom. The lowest BCUT2D eigenvalue weighted by atomic mass is 9.78. The third-order valence-corrected chi connectivity index (χ3v) is 4.63. The normalized spacial score (nSPS) is 40.9. The highest BCUT2D eigenvalue weighted by molar-refractivity contribution is 4.74. The Morgan fingerprint density at radius 3 is 2.44 bits per heavy atom. The zero-order valence-electron chi connectivity index (χ0n) is 11.1. The Hall–Kier alpha value is -0.0400. The molecule has 1 nitrogen and oxygen atoms in total. The second-order valence-corrected chi connectivity index (χ2v) is 6.30. The van der Waals surface area contributed by atoms with Crippen molar-refractivity contribution in [2.75, 3.05) is 6.61 Å². The minimum absolute atomic E-state index is 0.519. The van der Waals surface area contributed by atoms with Gasteiger partial charge in [0.05, 0.1) is 6.10 Å². The zero-order valence-corrected chi connectivity index (χ0v) is 11.1. The highest BCUT2D eigenvalue weighted by Gasteiger charge is 2.22. The van der Waals surface area contributed by atoms with Crippen LogP contribution in [-0.2, 0) is 4.74 Å². The van der Waals surface area contributed by atoms with Crippen molar-refractivity contribution in [3.05, 3.63) is 0 Å². The second-order valence-electron chi connectivity index (χ2n) is 6.30. The van der Waals surface area contributed by atoms with Crippen LogP contribution in [0.3, 0.4) is 0 Å². The summed E-state index contributed by atoms with van der Waals surface area (Å²) in [5.41, 5.74) is 0. The zero-order chi connectivity index (χ0) is 11.4. The van der Waals surface area contributed by atoms with Gasteiger partial charge in [0.2, 0.25) is 0 Å². The largest absolute Gasteiger partial charge is 0.378 e. The van der Waals surface area contributed by atoms with Crippen LogP contribution in [0.25, 0.3) is 0 Å². The molecule has 0 amide bonds. The van der Waals surface area contributed by atoms with Gasteiger partial charge in [-0.3, -0.25) is 0 Å². The van der Waals surface area contributed by atoms with Crippen LogP contribution < -0.4 is 0 Å². The van der Waals surface area contributed by atoms with Gasteiger partial charge >= 0.3 is 0 Å². The minimum Gasteiger partial charge on any atom is -0.378 e. The number of hydrogen-bond donors (Lipinski definition) is 0. The lowest BCUT2D eigenvalue weighted by Gasteiger charge is -2.30. The van der Waals surface area contributed by atoms with Gasteiger partial charge in [-0.2, -0.15) is 0 Å². The van der Waals surface area contributed by atoms with Crippen LogP contribution in [0.5, 0.6) is 0 Å². The molecule has 1 saturated carbocycles. The molecule has 2 aliphatic rings. The van der Waals surface area contributed by atoms with Gasteiger partial charge in [-0.15, -0.1) is 0 Å². The van der Waals surface area contributed by atoms with Gasteiger partial charge in [0, 0.05) is 6.61 Å². The molecule has 16 heavy (non-hydrogen) atoms. The molecule has 0 radical (unpaired) electrons. The smallest absolute Gasteiger partial charge is 0.0547 e. The quantitative estimate of drug-likeness (QED) is 0.690. The van der Waals surface area contributed by atoms with Gasteiger partial charge in [-0.25, -0.2) is 0 Å². The maximum atomic E-state index is 5.75. The summed E-state index contributed by atoms with van der Waals surface area (Å²) in [6, 6.07) is 0. The van der Waals surface area contributed by atoms with Crippen LogP contribution in [-0.4, -0.2) is 12.7 Å². The SMILES string of the molecule is CC1CCCC(CCC2CCC(C)OC2)C1. The van der Waals surface area contributed by atoms with Crippen LogP contribution in [0.2, 0.25) is 0 Å². The number of hydrogen-bond acceptors (Lipinski definition) is 1. The third kappa shape index (κ3) is 3.76. The van der Waals surface area contributed by atoms with Crippen molar-refractivity contribution >= 4 is 0 Å². The summed E-state index contributed by atoms with van der Waals surface area (Å²) in [7, 11) is 0. The summed E-state index contributed by atoms with van der Waals surface area (Å²) in [4.78, 5) is 0. The first kappa shape index (κ1) is 12.4. The van der Waals surface area contributed by atoms with E-state index in [9.17, 15) is 0 Å². The Balaban J connectivity index is 1.63. The van der Waals surface area contributed by atoms with Gasteiger partial charge in [-0.1, -0.05) is 32.6 Å². The highest BCUT2D eigenvalue weighted by Crippen LogP contribution is 2.33. The summed E-state index contributed by atoms with van der Waals surface area (Å²) in [6.45, 7) is 5.67. The van der Waals surface area contributed by atoms with Crippen molar-refractivity contribution in [1.82, 2.24) is 0 Å². The lowest BCUT2D eigenvalue weighted by molar-refractivity contribution is -0.00917. The molecular weight excluding hydrogens is 196 g/mol. The number of rotatable bonds is 3. The molecule has 0 spiro atoms. The summed E-state index contributed by atoms with van der Waals surface area (Å²) in [6.07, 6.45) is 12.0. The molecule has 2 fully saturated rings. The van der Waals surface area contributed by atoms with E-state index in [1.165, 1.54) is 51.4 Å². The molecule has 4 unspecified atom stereocenters. The predicted molar refractivity (Wildman–Crippen MR) is 68.5 cm³/mol. The van der Waals surface area contributed by atoms with Crippen molar-refractivity contribution in [3.63, 3.8) is 0 Å². The minimum atomic E-state index is 0.519. The van der Waals surface area contributed by atoms with Gasteiger partial charge in [0.15, 0.2) is 0 Å². The fourth-order valence-corrected chi connectivity index (χ4v) is 3.46. The van der Waals surface area contributed by atoms with Crippen molar-refractivity contribution in [2.24, 2.45) is 17.8 Å². The van der Waals surface area contributed by atoms with Gasteiger partial charge in [-0.05, 0) is 50.4 Å². The van der Waals surface area contributed by atoms with Crippen LogP contribution in [0.1, 0.15) is 65.2 Å². The van der Waals surface area contributed by atoms with E-state index in [2.05, 4.69) is 13.8 Å². The molecule has 94 valence electrons. The molecule has 1 aliphatic heterocycles. The van der Waals surface area contributed by atoms with Gasteiger partial charge in [0.25, 0.3) is 0 Å². The van der Waals surface area contributed by atoms with Gasteiger partial charge < -0.3 is 4.74 Å². The molecule has 0 bridgehead atoms. The van der Waals surface area contributed by atoms with Crippen LogP contribution in [0.15, 0.2) is 0 Å². The fraction of sp³-hybridized carbons (Fsp3) is 1.00. The summed E-state index contributed by atoms with van der Waals surface area (Å²) in [5.74, 6) is 2.89. The van der Waals surface area contributed by atoms with Crippen LogP contribution in [0.4, 0.5) is 0 Å². The maximum Gasteiger partial charge on any atom is 0.0547 e. The van der Waals surface area contributed by atoms with E-state index in [4.69, 9.17) is 4.74 Å². The van der Waals surface area contributed by atoms with Crippen molar-refractivity contribution in [1.29, 1.82) is 0 Å². The Bertz CT molecular complexity index is 194. The average molecular weight is 224 g/mol. The lowest BCUT2D eigenvalue weighted by Crippen LogP contribution is -2.24. The maximum absolute atomic E-state index is 5.75. The topological polar surface area (TPSA) is 9.23 Å². The van der Waals surface area contributed by atoms with Crippen molar-refractivity contribution in [3.8, 4) is 0 Å². The Morgan fingerprint density at radius 1 is 0.938 bits per heavy atom. The summed E-state index contributed by atoms with van der Waals surface area (Å²) in [5, 5.41) is 0. The first-order chi connectivity index (χ1) is 7.74. The van der Waals surface area contributed by atoms with Gasteiger partial charge in [0.1, 0.15) is 0 Å². The predicted octanol–water partition coefficient (Wildman–Crippen LogP) is 4.41. The van der Waals surface area contributed by atoms with E-state index >= 15 is 0 Å². The van der Waals surface area contributed by atoms with E-state index in [-0.39, 0.29) is 0 Å². The Labute approximate surface area is 101 Å². The fourth-order valence-electron chi connectivity index (χ4n) is 3.46. The first-order valence-corrected chi connectivity index (χ1v) is 7.35. The summed E-state index contributed by atoms with van der Waals surface area (Å²) >= 11 is 0. The van der Waals surface area contributed by atoms with E-state index in [1.807, 2.05) is 0 Å². The van der Waals surface area contributed by atoms with E-state index in [0.717, 1.165) is 24.4 Å². The molecule has 1 aliphatic carbocycles. The Kier molecular flexibility index (Phi) is 4.69. The number of ether oxygens (including phenoxy) is 1. The molecular formula is C15H28O. The monoisotopic (exact) mass is 224 g/mol. The van der Waals surface area contributed by atoms with E-state index < -0.39 is 0 Å². The standard InChI is InChI=1S/C15H28O/c1-12-4-3-5-14(10-12)8-9-15-7-6-13(2)16-11-15/h12-15H,3-11H2,1-2H3. The second kappa shape index (κ2) is 6.05. The molecule has 0 aromatic carbocycles. The molecule has 1 saturated heterocycles.